The lowest BCUT2D eigenvalue weighted by Gasteiger charge is -2.11. The molecular formula is C21H15F3N2O3. The Bertz CT molecular complexity index is 1100. The summed E-state index contributed by atoms with van der Waals surface area (Å²) in [5.74, 6) is 0.0660. The van der Waals surface area contributed by atoms with Crippen molar-refractivity contribution in [3.05, 3.63) is 81.8 Å². The molecule has 1 N–H and O–H groups in total. The molecule has 1 heterocycles. The van der Waals surface area contributed by atoms with Gasteiger partial charge in [-0.1, -0.05) is 24.3 Å². The van der Waals surface area contributed by atoms with Crippen molar-refractivity contribution in [1.82, 2.24) is 4.98 Å². The van der Waals surface area contributed by atoms with Crippen LogP contribution in [0.5, 0.6) is 11.5 Å². The standard InChI is InChI=1S/C21H15F3N2O3/c1-13-10-18(19(11-25)20(27)26-13)15-4-2-14(3-5-15)12-28-16-6-8-17(9-7-16)29-21(22,23)24/h2-10H,12H2,1H3,(H,26,27). The molecule has 0 aliphatic rings. The molecule has 0 saturated carbocycles. The summed E-state index contributed by atoms with van der Waals surface area (Å²) in [6, 6.07) is 15.9. The summed E-state index contributed by atoms with van der Waals surface area (Å²) < 4.78 is 45.9. The number of nitrogens with zero attached hydrogens (tertiary/aromatic N) is 1. The largest absolute Gasteiger partial charge is 0.573 e. The number of aromatic nitrogens is 1. The smallest absolute Gasteiger partial charge is 0.489 e. The molecular weight excluding hydrogens is 385 g/mol. The molecule has 0 radical (unpaired) electrons. The van der Waals surface area contributed by atoms with Crippen molar-refractivity contribution in [1.29, 1.82) is 5.26 Å². The molecule has 8 heteroatoms. The second-order valence-electron chi connectivity index (χ2n) is 6.19. The SMILES string of the molecule is Cc1cc(-c2ccc(COc3ccc(OC(F)(F)F)cc3)cc2)c(C#N)c(=O)[nH]1. The predicted molar refractivity (Wildman–Crippen MR) is 99.4 cm³/mol. The fraction of sp³-hybridized carbons (Fsp3) is 0.143. The minimum absolute atomic E-state index is 0.0424. The minimum atomic E-state index is -4.74. The maximum Gasteiger partial charge on any atom is 0.573 e. The van der Waals surface area contributed by atoms with Gasteiger partial charge in [0.05, 0.1) is 0 Å². The lowest BCUT2D eigenvalue weighted by Crippen LogP contribution is -2.16. The van der Waals surface area contributed by atoms with E-state index in [-0.39, 0.29) is 17.9 Å². The molecule has 0 aliphatic heterocycles. The average molecular weight is 400 g/mol. The van der Waals surface area contributed by atoms with Crippen LogP contribution < -0.4 is 15.0 Å². The van der Waals surface area contributed by atoms with E-state index in [1.54, 1.807) is 37.3 Å². The van der Waals surface area contributed by atoms with Crippen molar-refractivity contribution in [3.63, 3.8) is 0 Å². The summed E-state index contributed by atoms with van der Waals surface area (Å²) in [6.45, 7) is 1.93. The van der Waals surface area contributed by atoms with E-state index in [4.69, 9.17) is 4.74 Å². The topological polar surface area (TPSA) is 75.1 Å². The van der Waals surface area contributed by atoms with E-state index < -0.39 is 11.9 Å². The van der Waals surface area contributed by atoms with Gasteiger partial charge in [0.15, 0.2) is 0 Å². The van der Waals surface area contributed by atoms with E-state index in [0.29, 0.717) is 22.6 Å². The van der Waals surface area contributed by atoms with Crippen molar-refractivity contribution in [2.75, 3.05) is 0 Å². The summed E-state index contributed by atoms with van der Waals surface area (Å²) in [6.07, 6.45) is -4.74. The van der Waals surface area contributed by atoms with Crippen LogP contribution in [0, 0.1) is 18.3 Å². The normalized spacial score (nSPS) is 11.0. The number of aromatic amines is 1. The highest BCUT2D eigenvalue weighted by molar-refractivity contribution is 5.70. The number of alkyl halides is 3. The average Bonchev–Trinajstić information content (AvgIpc) is 2.66. The quantitative estimate of drug-likeness (QED) is 0.674. The van der Waals surface area contributed by atoms with E-state index >= 15 is 0 Å². The van der Waals surface area contributed by atoms with Crippen molar-refractivity contribution in [3.8, 4) is 28.7 Å². The Hall–Kier alpha value is -3.73. The Balaban J connectivity index is 1.69. The van der Waals surface area contributed by atoms with Crippen LogP contribution in [-0.4, -0.2) is 11.3 Å². The van der Waals surface area contributed by atoms with Crippen LogP contribution in [-0.2, 0) is 6.61 Å². The third kappa shape index (κ3) is 5.17. The number of pyridine rings is 1. The number of hydrogen-bond donors (Lipinski definition) is 1. The second-order valence-corrected chi connectivity index (χ2v) is 6.19. The first-order valence-corrected chi connectivity index (χ1v) is 8.47. The lowest BCUT2D eigenvalue weighted by molar-refractivity contribution is -0.274. The first-order valence-electron chi connectivity index (χ1n) is 8.47. The number of benzene rings is 2. The number of nitrogens with one attached hydrogen (secondary N) is 1. The van der Waals surface area contributed by atoms with Crippen molar-refractivity contribution >= 4 is 0 Å². The Morgan fingerprint density at radius 3 is 2.24 bits per heavy atom. The number of ether oxygens (including phenoxy) is 2. The zero-order chi connectivity index (χ0) is 21.0. The molecule has 1 aromatic heterocycles. The van der Waals surface area contributed by atoms with Gasteiger partial charge in [-0.25, -0.2) is 0 Å². The Kier molecular flexibility index (Phi) is 5.59. The number of hydrogen-bond acceptors (Lipinski definition) is 4. The van der Waals surface area contributed by atoms with Crippen LogP contribution in [0.15, 0.2) is 59.4 Å². The van der Waals surface area contributed by atoms with Gasteiger partial charge < -0.3 is 14.5 Å². The molecule has 29 heavy (non-hydrogen) atoms. The fourth-order valence-electron chi connectivity index (χ4n) is 2.71. The fourth-order valence-corrected chi connectivity index (χ4v) is 2.71. The molecule has 0 unspecified atom stereocenters. The summed E-state index contributed by atoms with van der Waals surface area (Å²) in [5, 5.41) is 9.24. The molecule has 148 valence electrons. The van der Waals surface area contributed by atoms with Gasteiger partial charge in [-0.2, -0.15) is 5.26 Å². The van der Waals surface area contributed by atoms with E-state index in [0.717, 1.165) is 5.56 Å². The second kappa shape index (κ2) is 8.10. The van der Waals surface area contributed by atoms with Gasteiger partial charge in [-0.05, 0) is 48.4 Å². The Labute approximate surface area is 164 Å². The third-order valence-corrected chi connectivity index (χ3v) is 4.01. The molecule has 0 fully saturated rings. The van der Waals surface area contributed by atoms with Crippen LogP contribution in [0.3, 0.4) is 0 Å². The molecule has 0 amide bonds. The van der Waals surface area contributed by atoms with E-state index in [1.807, 2.05) is 6.07 Å². The maximum absolute atomic E-state index is 12.2. The summed E-state index contributed by atoms with van der Waals surface area (Å²) in [5.41, 5.74) is 2.32. The monoisotopic (exact) mass is 400 g/mol. The zero-order valence-corrected chi connectivity index (χ0v) is 15.2. The van der Waals surface area contributed by atoms with Gasteiger partial charge in [0.1, 0.15) is 29.7 Å². The van der Waals surface area contributed by atoms with Gasteiger partial charge in [0.25, 0.3) is 5.56 Å². The van der Waals surface area contributed by atoms with Crippen LogP contribution in [0.2, 0.25) is 0 Å². The molecule has 0 bridgehead atoms. The lowest BCUT2D eigenvalue weighted by atomic mass is 10.00. The van der Waals surface area contributed by atoms with Gasteiger partial charge in [-0.3, -0.25) is 4.79 Å². The Morgan fingerprint density at radius 2 is 1.66 bits per heavy atom. The van der Waals surface area contributed by atoms with Crippen LogP contribution >= 0.6 is 0 Å². The summed E-state index contributed by atoms with van der Waals surface area (Å²) >= 11 is 0. The summed E-state index contributed by atoms with van der Waals surface area (Å²) in [7, 11) is 0. The summed E-state index contributed by atoms with van der Waals surface area (Å²) in [4.78, 5) is 14.5. The number of H-pyrrole nitrogens is 1. The van der Waals surface area contributed by atoms with Crippen molar-refractivity contribution in [2.45, 2.75) is 19.9 Å². The van der Waals surface area contributed by atoms with Crippen LogP contribution in [0.4, 0.5) is 13.2 Å². The van der Waals surface area contributed by atoms with Crippen LogP contribution in [0.1, 0.15) is 16.8 Å². The first kappa shape index (κ1) is 20.0. The number of nitriles is 1. The molecule has 2 aromatic carbocycles. The third-order valence-electron chi connectivity index (χ3n) is 4.01. The van der Waals surface area contributed by atoms with E-state index in [9.17, 15) is 23.2 Å². The predicted octanol–water partition coefficient (Wildman–Crippen LogP) is 4.70. The zero-order valence-electron chi connectivity index (χ0n) is 15.2. The van der Waals surface area contributed by atoms with Crippen molar-refractivity contribution < 1.29 is 22.6 Å². The number of aryl methyl sites for hydroxylation is 1. The molecule has 0 saturated heterocycles. The molecule has 3 rings (SSSR count). The molecule has 0 spiro atoms. The molecule has 3 aromatic rings. The van der Waals surface area contributed by atoms with Crippen molar-refractivity contribution in [2.24, 2.45) is 0 Å². The molecule has 0 atom stereocenters. The highest BCUT2D eigenvalue weighted by Crippen LogP contribution is 2.26. The van der Waals surface area contributed by atoms with Gasteiger partial charge >= 0.3 is 6.36 Å². The number of rotatable bonds is 5. The van der Waals surface area contributed by atoms with Crippen LogP contribution in [0.25, 0.3) is 11.1 Å². The molecule has 0 aliphatic carbocycles. The first-order chi connectivity index (χ1) is 13.7. The molecule has 5 nitrogen and oxygen atoms in total. The van der Waals surface area contributed by atoms with Gasteiger partial charge in [0.2, 0.25) is 0 Å². The Morgan fingerprint density at radius 1 is 1.03 bits per heavy atom. The van der Waals surface area contributed by atoms with Gasteiger partial charge in [0, 0.05) is 11.3 Å². The minimum Gasteiger partial charge on any atom is -0.489 e. The highest BCUT2D eigenvalue weighted by atomic mass is 19.4. The number of halogens is 3. The maximum atomic E-state index is 12.2. The van der Waals surface area contributed by atoms with E-state index in [1.165, 1.54) is 24.3 Å². The van der Waals surface area contributed by atoms with Gasteiger partial charge in [-0.15, -0.1) is 13.2 Å². The highest BCUT2D eigenvalue weighted by Gasteiger charge is 2.30. The van der Waals surface area contributed by atoms with E-state index in [2.05, 4.69) is 9.72 Å².